The van der Waals surface area contributed by atoms with Gasteiger partial charge in [0.1, 0.15) is 5.76 Å². The summed E-state index contributed by atoms with van der Waals surface area (Å²) in [5, 5.41) is 7.35. The first kappa shape index (κ1) is 10.5. The lowest BCUT2D eigenvalue weighted by Gasteiger charge is -2.07. The van der Waals surface area contributed by atoms with Crippen molar-refractivity contribution in [3.8, 4) is 11.4 Å². The number of nitrogens with one attached hydrogen (secondary N) is 1. The Morgan fingerprint density at radius 3 is 2.94 bits per heavy atom. The molecule has 0 amide bonds. The Morgan fingerprint density at radius 1 is 1.41 bits per heavy atom. The van der Waals surface area contributed by atoms with Crippen molar-refractivity contribution in [2.75, 3.05) is 13.1 Å². The minimum Gasteiger partial charge on any atom is -0.469 e. The first-order valence-electron chi connectivity index (χ1n) is 5.84. The van der Waals surface area contributed by atoms with Gasteiger partial charge in [-0.1, -0.05) is 12.1 Å². The number of aryl methyl sites for hydroxylation is 1. The zero-order valence-electron chi connectivity index (χ0n) is 9.93. The molecule has 5 nitrogen and oxygen atoms in total. The summed E-state index contributed by atoms with van der Waals surface area (Å²) in [6.07, 6.45) is 1.64. The van der Waals surface area contributed by atoms with Gasteiger partial charge in [0, 0.05) is 6.54 Å². The van der Waals surface area contributed by atoms with E-state index in [9.17, 15) is 0 Å². The Labute approximate surface area is 99.2 Å². The third-order valence-electron chi connectivity index (χ3n) is 3.38. The highest BCUT2D eigenvalue weighted by Gasteiger charge is 2.29. The van der Waals surface area contributed by atoms with Gasteiger partial charge < -0.3 is 14.3 Å². The second-order valence-electron chi connectivity index (χ2n) is 4.59. The first-order chi connectivity index (χ1) is 8.25. The summed E-state index contributed by atoms with van der Waals surface area (Å²) in [5.74, 6) is 3.01. The van der Waals surface area contributed by atoms with Crippen molar-refractivity contribution in [3.63, 3.8) is 0 Å². The second kappa shape index (κ2) is 4.00. The molecule has 2 unspecified atom stereocenters. The Hall–Kier alpha value is -1.62. The number of hydrogen-bond acceptors (Lipinski definition) is 5. The molecule has 1 aliphatic rings. The van der Waals surface area contributed by atoms with Crippen LogP contribution >= 0.6 is 0 Å². The van der Waals surface area contributed by atoms with E-state index < -0.39 is 0 Å². The van der Waals surface area contributed by atoms with E-state index in [2.05, 4.69) is 22.4 Å². The van der Waals surface area contributed by atoms with Gasteiger partial charge in [-0.15, -0.1) is 0 Å². The van der Waals surface area contributed by atoms with E-state index in [-0.39, 0.29) is 0 Å². The van der Waals surface area contributed by atoms with Crippen LogP contribution in [-0.2, 0) is 0 Å². The molecule has 2 aromatic heterocycles. The minimum absolute atomic E-state index is 0.323. The van der Waals surface area contributed by atoms with Gasteiger partial charge in [-0.2, -0.15) is 4.98 Å². The third-order valence-corrected chi connectivity index (χ3v) is 3.38. The molecule has 2 aromatic rings. The van der Waals surface area contributed by atoms with Crippen molar-refractivity contribution < 1.29 is 8.94 Å². The van der Waals surface area contributed by atoms with Crippen LogP contribution < -0.4 is 5.32 Å². The second-order valence-corrected chi connectivity index (χ2v) is 4.59. The summed E-state index contributed by atoms with van der Waals surface area (Å²) in [5.41, 5.74) is 0.901. The van der Waals surface area contributed by atoms with E-state index >= 15 is 0 Å². The summed E-state index contributed by atoms with van der Waals surface area (Å²) in [6, 6.07) is 1.86. The van der Waals surface area contributed by atoms with Crippen molar-refractivity contribution in [1.29, 1.82) is 0 Å². The van der Waals surface area contributed by atoms with Gasteiger partial charge in [0.2, 0.25) is 11.7 Å². The zero-order valence-corrected chi connectivity index (χ0v) is 9.93. The number of nitrogens with zero attached hydrogens (tertiary/aromatic N) is 2. The van der Waals surface area contributed by atoms with Crippen LogP contribution in [0.1, 0.15) is 24.5 Å². The van der Waals surface area contributed by atoms with Crippen LogP contribution in [0, 0.1) is 12.8 Å². The molecule has 0 spiro atoms. The highest BCUT2D eigenvalue weighted by Crippen LogP contribution is 2.29. The smallest absolute Gasteiger partial charge is 0.231 e. The highest BCUT2D eigenvalue weighted by atomic mass is 16.5. The van der Waals surface area contributed by atoms with Crippen molar-refractivity contribution in [2.24, 2.45) is 5.92 Å². The van der Waals surface area contributed by atoms with Crippen LogP contribution in [0.3, 0.4) is 0 Å². The molecule has 1 saturated heterocycles. The first-order valence-corrected chi connectivity index (χ1v) is 5.84. The van der Waals surface area contributed by atoms with Gasteiger partial charge in [-0.25, -0.2) is 0 Å². The van der Waals surface area contributed by atoms with Gasteiger partial charge in [0.25, 0.3) is 0 Å². The molecule has 17 heavy (non-hydrogen) atoms. The lowest BCUT2D eigenvalue weighted by Crippen LogP contribution is -2.08. The molecule has 2 atom stereocenters. The van der Waals surface area contributed by atoms with Crippen LogP contribution in [0.2, 0.25) is 0 Å². The molecule has 3 heterocycles. The SMILES string of the molecule is Cc1occc1-c1noc(C2CNCC2C)n1. The van der Waals surface area contributed by atoms with E-state index in [1.165, 1.54) is 0 Å². The van der Waals surface area contributed by atoms with Gasteiger partial charge in [-0.3, -0.25) is 0 Å². The number of hydrogen-bond donors (Lipinski definition) is 1. The Bertz CT molecular complexity index is 517. The Balaban J connectivity index is 1.90. The summed E-state index contributed by atoms with van der Waals surface area (Å²) < 4.78 is 10.6. The van der Waals surface area contributed by atoms with Crippen LogP contribution in [0.25, 0.3) is 11.4 Å². The number of aromatic nitrogens is 2. The summed E-state index contributed by atoms with van der Waals surface area (Å²) in [6.45, 7) is 6.00. The molecule has 0 bridgehead atoms. The van der Waals surface area contributed by atoms with Gasteiger partial charge in [0.15, 0.2) is 0 Å². The molecule has 0 aromatic carbocycles. The molecule has 90 valence electrons. The van der Waals surface area contributed by atoms with Crippen molar-refractivity contribution in [2.45, 2.75) is 19.8 Å². The van der Waals surface area contributed by atoms with Crippen molar-refractivity contribution in [1.82, 2.24) is 15.5 Å². The van der Waals surface area contributed by atoms with Crippen molar-refractivity contribution in [3.05, 3.63) is 24.0 Å². The maximum atomic E-state index is 5.36. The molecule has 0 radical (unpaired) electrons. The van der Waals surface area contributed by atoms with Crippen LogP contribution in [-0.4, -0.2) is 23.2 Å². The van der Waals surface area contributed by atoms with E-state index in [0.29, 0.717) is 17.7 Å². The van der Waals surface area contributed by atoms with E-state index in [4.69, 9.17) is 8.94 Å². The predicted octanol–water partition coefficient (Wildman–Crippen LogP) is 1.96. The molecular weight excluding hydrogens is 218 g/mol. The minimum atomic E-state index is 0.323. The third kappa shape index (κ3) is 1.76. The normalized spacial score (nSPS) is 24.4. The summed E-state index contributed by atoms with van der Waals surface area (Å²) in [7, 11) is 0. The van der Waals surface area contributed by atoms with Crippen LogP contribution in [0.5, 0.6) is 0 Å². The van der Waals surface area contributed by atoms with E-state index in [0.717, 1.165) is 30.3 Å². The lowest BCUT2D eigenvalue weighted by molar-refractivity contribution is 0.340. The summed E-state index contributed by atoms with van der Waals surface area (Å²) >= 11 is 0. The maximum Gasteiger partial charge on any atom is 0.231 e. The molecule has 3 rings (SSSR count). The Morgan fingerprint density at radius 2 is 2.29 bits per heavy atom. The van der Waals surface area contributed by atoms with Crippen LogP contribution in [0.15, 0.2) is 21.3 Å². The number of furan rings is 1. The fourth-order valence-electron chi connectivity index (χ4n) is 2.25. The Kier molecular flexibility index (Phi) is 2.48. The lowest BCUT2D eigenvalue weighted by atomic mass is 9.98. The molecule has 1 N–H and O–H groups in total. The molecule has 1 fully saturated rings. The van der Waals surface area contributed by atoms with Gasteiger partial charge in [0.05, 0.1) is 17.7 Å². The van der Waals surface area contributed by atoms with Crippen LogP contribution in [0.4, 0.5) is 0 Å². The van der Waals surface area contributed by atoms with Crippen molar-refractivity contribution >= 4 is 0 Å². The van der Waals surface area contributed by atoms with E-state index in [1.807, 2.05) is 13.0 Å². The topological polar surface area (TPSA) is 64.1 Å². The van der Waals surface area contributed by atoms with Gasteiger partial charge in [-0.05, 0) is 25.5 Å². The monoisotopic (exact) mass is 233 g/mol. The average molecular weight is 233 g/mol. The molecule has 1 aliphatic heterocycles. The average Bonchev–Trinajstić information content (AvgIpc) is 2.97. The fraction of sp³-hybridized carbons (Fsp3) is 0.500. The number of rotatable bonds is 2. The maximum absolute atomic E-state index is 5.36. The largest absolute Gasteiger partial charge is 0.469 e. The molecule has 5 heteroatoms. The standard InChI is InChI=1S/C12H15N3O2/c1-7-5-13-6-10(7)12-14-11(15-17-12)9-3-4-16-8(9)2/h3-4,7,10,13H,5-6H2,1-2H3. The molecule has 0 aliphatic carbocycles. The molecule has 0 saturated carbocycles. The zero-order chi connectivity index (χ0) is 11.8. The quantitative estimate of drug-likeness (QED) is 0.859. The fourth-order valence-corrected chi connectivity index (χ4v) is 2.25. The van der Waals surface area contributed by atoms with E-state index in [1.54, 1.807) is 6.26 Å². The highest BCUT2D eigenvalue weighted by molar-refractivity contribution is 5.56. The van der Waals surface area contributed by atoms with Gasteiger partial charge >= 0.3 is 0 Å². The molecular formula is C12H15N3O2. The predicted molar refractivity (Wildman–Crippen MR) is 61.5 cm³/mol. The summed E-state index contributed by atoms with van der Waals surface area (Å²) in [4.78, 5) is 4.47.